The van der Waals surface area contributed by atoms with Crippen molar-refractivity contribution in [2.45, 2.75) is 38.5 Å². The number of aromatic nitrogens is 2. The molecule has 1 N–H and O–H groups in total. The second kappa shape index (κ2) is 8.99. The molecule has 3 aromatic rings. The van der Waals surface area contributed by atoms with Gasteiger partial charge in [-0.2, -0.15) is 0 Å². The van der Waals surface area contributed by atoms with E-state index in [1.54, 1.807) is 48.9 Å². The molecule has 2 atom stereocenters. The molecule has 5 rings (SSSR count). The van der Waals surface area contributed by atoms with Crippen LogP contribution in [0.5, 0.6) is 5.75 Å². The number of rotatable bonds is 6. The average Bonchev–Trinajstić information content (AvgIpc) is 3.53. The summed E-state index contributed by atoms with van der Waals surface area (Å²) in [6.45, 7) is 2.98. The van der Waals surface area contributed by atoms with Gasteiger partial charge in [0, 0.05) is 42.5 Å². The van der Waals surface area contributed by atoms with Crippen LogP contribution in [0.1, 0.15) is 36.1 Å². The van der Waals surface area contributed by atoms with Gasteiger partial charge in [0.15, 0.2) is 0 Å². The molecule has 3 heterocycles. The van der Waals surface area contributed by atoms with Crippen LogP contribution in [0.4, 0.5) is 0 Å². The van der Waals surface area contributed by atoms with Crippen molar-refractivity contribution in [3.63, 3.8) is 0 Å². The van der Waals surface area contributed by atoms with E-state index in [0.29, 0.717) is 35.7 Å². The molecule has 1 amide bonds. The first kappa shape index (κ1) is 22.2. The third-order valence-electron chi connectivity index (χ3n) is 6.27. The summed E-state index contributed by atoms with van der Waals surface area (Å²) < 4.78 is 7.67. The number of likely N-dealkylation sites (tertiary alicyclic amines) is 1. The molecule has 0 aliphatic carbocycles. The van der Waals surface area contributed by atoms with Gasteiger partial charge >= 0.3 is 0 Å². The number of nitrogens with zero attached hydrogens (tertiary/aromatic N) is 3. The molecule has 0 bridgehead atoms. The minimum absolute atomic E-state index is 0.0579. The maximum absolute atomic E-state index is 13.2. The molecule has 0 saturated carbocycles. The Bertz CT molecular complexity index is 1270. The first-order valence-corrected chi connectivity index (χ1v) is 11.6. The molecule has 1 fully saturated rings. The van der Waals surface area contributed by atoms with E-state index in [1.807, 2.05) is 23.8 Å². The number of hydrogen-bond acceptors (Lipinski definition) is 5. The van der Waals surface area contributed by atoms with Crippen LogP contribution in [0.2, 0.25) is 5.02 Å². The summed E-state index contributed by atoms with van der Waals surface area (Å²) in [6.07, 6.45) is 6.67. The van der Waals surface area contributed by atoms with E-state index < -0.39 is 17.7 Å². The fourth-order valence-corrected chi connectivity index (χ4v) is 4.80. The van der Waals surface area contributed by atoms with E-state index in [0.717, 1.165) is 17.7 Å². The smallest absolute Gasteiger partial charge is 0.295 e. The number of carbonyl (C=O) groups excluding carboxylic acids is 2. The molecule has 2 aromatic carbocycles. The van der Waals surface area contributed by atoms with E-state index in [4.69, 9.17) is 16.3 Å². The lowest BCUT2D eigenvalue weighted by atomic mass is 9.94. The van der Waals surface area contributed by atoms with E-state index in [-0.39, 0.29) is 17.4 Å². The van der Waals surface area contributed by atoms with Gasteiger partial charge < -0.3 is 19.3 Å². The summed E-state index contributed by atoms with van der Waals surface area (Å²) in [5.41, 5.74) is 2.26. The van der Waals surface area contributed by atoms with Gasteiger partial charge in [0.2, 0.25) is 0 Å². The largest absolute Gasteiger partial charge is 0.507 e. The van der Waals surface area contributed by atoms with E-state index >= 15 is 0 Å². The lowest BCUT2D eigenvalue weighted by Crippen LogP contribution is -2.31. The first-order valence-electron chi connectivity index (χ1n) is 11.2. The zero-order valence-electron chi connectivity index (χ0n) is 18.6. The lowest BCUT2D eigenvalue weighted by molar-refractivity contribution is -0.139. The monoisotopic (exact) mass is 477 g/mol. The summed E-state index contributed by atoms with van der Waals surface area (Å²) >= 11 is 6.08. The van der Waals surface area contributed by atoms with Crippen LogP contribution >= 0.6 is 11.6 Å². The quantitative estimate of drug-likeness (QED) is 0.324. The highest BCUT2D eigenvalue weighted by molar-refractivity contribution is 6.46. The van der Waals surface area contributed by atoms with E-state index in [2.05, 4.69) is 4.98 Å². The van der Waals surface area contributed by atoms with Crippen LogP contribution < -0.4 is 4.74 Å². The Morgan fingerprint density at radius 1 is 1.18 bits per heavy atom. The number of aliphatic hydroxyl groups is 1. The number of ether oxygens (including phenoxy) is 1. The van der Waals surface area contributed by atoms with Crippen LogP contribution in [0, 0.1) is 0 Å². The Balaban J connectivity index is 1.52. The molecule has 34 heavy (non-hydrogen) atoms. The van der Waals surface area contributed by atoms with Crippen molar-refractivity contribution in [1.29, 1.82) is 0 Å². The minimum Gasteiger partial charge on any atom is -0.507 e. The van der Waals surface area contributed by atoms with Gasteiger partial charge in [0.25, 0.3) is 11.7 Å². The summed E-state index contributed by atoms with van der Waals surface area (Å²) in [7, 11) is 0. The number of benzene rings is 2. The molecule has 2 aliphatic heterocycles. The zero-order valence-corrected chi connectivity index (χ0v) is 19.4. The van der Waals surface area contributed by atoms with Crippen LogP contribution in [-0.4, -0.2) is 43.9 Å². The van der Waals surface area contributed by atoms with E-state index in [1.165, 1.54) is 4.90 Å². The van der Waals surface area contributed by atoms with Crippen LogP contribution in [0.15, 0.2) is 66.8 Å². The number of carbonyl (C=O) groups is 2. The molecule has 0 spiro atoms. The number of ketones is 1. The Morgan fingerprint density at radius 2 is 1.97 bits per heavy atom. The van der Waals surface area contributed by atoms with Gasteiger partial charge in [0.05, 0.1) is 17.9 Å². The molecule has 1 saturated heterocycles. The van der Waals surface area contributed by atoms with Crippen molar-refractivity contribution in [3.8, 4) is 5.75 Å². The number of halogens is 1. The van der Waals surface area contributed by atoms with Crippen molar-refractivity contribution in [1.82, 2.24) is 14.5 Å². The maximum Gasteiger partial charge on any atom is 0.295 e. The van der Waals surface area contributed by atoms with Crippen molar-refractivity contribution in [2.24, 2.45) is 0 Å². The molecular weight excluding hydrogens is 454 g/mol. The van der Waals surface area contributed by atoms with Crippen LogP contribution in [0.3, 0.4) is 0 Å². The predicted molar refractivity (Wildman–Crippen MR) is 128 cm³/mol. The second-order valence-electron chi connectivity index (χ2n) is 8.65. The normalized spacial score (nSPS) is 21.1. The number of imidazole rings is 1. The lowest BCUT2D eigenvalue weighted by Gasteiger charge is -2.25. The number of aryl methyl sites for hydroxylation is 1. The molecule has 174 valence electrons. The Morgan fingerprint density at radius 3 is 2.71 bits per heavy atom. The van der Waals surface area contributed by atoms with Gasteiger partial charge in [-0.15, -0.1) is 0 Å². The zero-order chi connectivity index (χ0) is 23.8. The second-order valence-corrected chi connectivity index (χ2v) is 9.09. The molecule has 7 nitrogen and oxygen atoms in total. The minimum atomic E-state index is -0.705. The standard InChI is InChI=1S/C26H24ClN3O4/c1-16-13-19-14-18(5-8-21(19)34-16)24(31)22-23(17-3-6-20(27)7-4-17)30(26(33)25(22)32)11-2-10-29-12-9-28-15-29/h3-9,12,14-16,23,31H,2,10-11,13H2,1H3. The first-order chi connectivity index (χ1) is 16.4. The highest BCUT2D eigenvalue weighted by Gasteiger charge is 2.45. The third-order valence-corrected chi connectivity index (χ3v) is 6.52. The highest BCUT2D eigenvalue weighted by Crippen LogP contribution is 2.41. The molecule has 0 radical (unpaired) electrons. The molecular formula is C26H24ClN3O4. The van der Waals surface area contributed by atoms with Crippen LogP contribution in [-0.2, 0) is 22.6 Å². The third kappa shape index (κ3) is 4.07. The highest BCUT2D eigenvalue weighted by atomic mass is 35.5. The fraction of sp³-hybridized carbons (Fsp3) is 0.269. The maximum atomic E-state index is 13.2. The summed E-state index contributed by atoms with van der Waals surface area (Å²) in [4.78, 5) is 31.8. The van der Waals surface area contributed by atoms with Crippen LogP contribution in [0.25, 0.3) is 5.76 Å². The van der Waals surface area contributed by atoms with Crippen molar-refractivity contribution in [3.05, 3.63) is 88.5 Å². The summed E-state index contributed by atoms with van der Waals surface area (Å²) in [5.74, 6) is -0.716. The number of aliphatic hydroxyl groups excluding tert-OH is 1. The Kier molecular flexibility index (Phi) is 5.87. The van der Waals surface area contributed by atoms with Gasteiger partial charge in [-0.3, -0.25) is 9.59 Å². The Hall–Kier alpha value is -3.58. The summed E-state index contributed by atoms with van der Waals surface area (Å²) in [5, 5.41) is 11.8. The SMILES string of the molecule is CC1Cc2cc(C(O)=C3C(=O)C(=O)N(CCCn4ccnc4)C3c3ccc(Cl)cc3)ccc2O1. The van der Waals surface area contributed by atoms with Gasteiger partial charge in [-0.05, 0) is 54.8 Å². The molecule has 2 aliphatic rings. The molecule has 2 unspecified atom stereocenters. The Labute approximate surface area is 202 Å². The summed E-state index contributed by atoms with van der Waals surface area (Å²) in [6, 6.07) is 11.7. The number of Topliss-reactive ketones (excluding diaryl/α,β-unsaturated/α-hetero) is 1. The van der Waals surface area contributed by atoms with Gasteiger partial charge in [-0.1, -0.05) is 23.7 Å². The average molecular weight is 478 g/mol. The van der Waals surface area contributed by atoms with Crippen molar-refractivity contribution < 1.29 is 19.4 Å². The number of hydrogen-bond donors (Lipinski definition) is 1. The predicted octanol–water partition coefficient (Wildman–Crippen LogP) is 4.37. The van der Waals surface area contributed by atoms with E-state index in [9.17, 15) is 14.7 Å². The molecule has 1 aromatic heterocycles. The van der Waals surface area contributed by atoms with Gasteiger partial charge in [-0.25, -0.2) is 4.98 Å². The topological polar surface area (TPSA) is 84.7 Å². The number of fused-ring (bicyclic) bond motifs is 1. The molecule has 8 heteroatoms. The number of amides is 1. The fourth-order valence-electron chi connectivity index (χ4n) is 4.67. The van der Waals surface area contributed by atoms with Crippen molar-refractivity contribution in [2.75, 3.05) is 6.54 Å². The van der Waals surface area contributed by atoms with Crippen molar-refractivity contribution >= 4 is 29.1 Å². The van der Waals surface area contributed by atoms with Gasteiger partial charge in [0.1, 0.15) is 17.6 Å².